The van der Waals surface area contributed by atoms with Crippen molar-refractivity contribution >= 4 is 173 Å². The van der Waals surface area contributed by atoms with E-state index in [2.05, 4.69) is 249 Å². The number of aromatic nitrogens is 2. The van der Waals surface area contributed by atoms with Gasteiger partial charge < -0.3 is 18.6 Å². The van der Waals surface area contributed by atoms with Crippen molar-refractivity contribution in [2.75, 3.05) is 9.80 Å². The van der Waals surface area contributed by atoms with Crippen LogP contribution in [0.4, 0.5) is 34.1 Å². The van der Waals surface area contributed by atoms with Gasteiger partial charge in [-0.15, -0.1) is 22.7 Å². The zero-order valence-corrected chi connectivity index (χ0v) is 40.2. The molecule has 0 spiro atoms. The number of thiophene rings is 2. The monoisotopic (exact) mass is 950 g/mol. The molecule has 0 amide bonds. The molecule has 11 aromatic carbocycles. The highest BCUT2D eigenvalue weighted by Crippen LogP contribution is 2.50. The first-order chi connectivity index (χ1) is 35.7. The van der Waals surface area contributed by atoms with Gasteiger partial charge in [-0.3, -0.25) is 0 Å². The molecule has 0 bridgehead atoms. The Morgan fingerprint density at radius 1 is 0.250 bits per heavy atom. The van der Waals surface area contributed by atoms with E-state index in [4.69, 9.17) is 0 Å². The lowest BCUT2D eigenvalue weighted by Gasteiger charge is -2.26. The van der Waals surface area contributed by atoms with Crippen LogP contribution in [0.2, 0.25) is 0 Å². The standard InChI is InChI=1S/C66H38N4S2/c1-3-15-39(16-4-1)67(55-27-13-25-51-45-19-7-9-29-61(45)71-65(51)55)41-31-33-43-47-21-11-23-49-53-38-60-54(37-59(53)69(63(47)49)57(43)35-41)50-24-12-22-48-44-34-32-42(36-58(44)70(60)64(48)50)68(40-17-5-2-6-18-40)56-28-14-26-52-46-20-8-10-30-62(46)72-66(52)56/h1-38H. The van der Waals surface area contributed by atoms with Crippen molar-refractivity contribution in [1.82, 2.24) is 8.80 Å². The van der Waals surface area contributed by atoms with Crippen LogP contribution in [0.5, 0.6) is 0 Å². The minimum absolute atomic E-state index is 1.13. The summed E-state index contributed by atoms with van der Waals surface area (Å²) < 4.78 is 10.3. The molecule has 4 nitrogen and oxygen atoms in total. The molecule has 6 aromatic heterocycles. The Balaban J connectivity index is 0.907. The third-order valence-electron chi connectivity index (χ3n) is 15.5. The third kappa shape index (κ3) is 5.14. The molecule has 0 atom stereocenters. The highest BCUT2D eigenvalue weighted by Gasteiger charge is 2.26. The summed E-state index contributed by atoms with van der Waals surface area (Å²) in [7, 11) is 0. The second-order valence-electron chi connectivity index (χ2n) is 19.2. The molecule has 0 aliphatic rings. The zero-order chi connectivity index (χ0) is 46.8. The molecule has 17 rings (SSSR count). The fraction of sp³-hybridized carbons (Fsp3) is 0. The van der Waals surface area contributed by atoms with E-state index < -0.39 is 0 Å². The maximum absolute atomic E-state index is 2.55. The molecule has 6 heteroatoms. The molecule has 0 radical (unpaired) electrons. The predicted molar refractivity (Wildman–Crippen MR) is 311 cm³/mol. The number of para-hydroxylation sites is 4. The van der Waals surface area contributed by atoms with Gasteiger partial charge in [0.25, 0.3) is 0 Å². The summed E-state index contributed by atoms with van der Waals surface area (Å²) in [6.45, 7) is 0. The molecule has 0 unspecified atom stereocenters. The number of rotatable bonds is 6. The molecule has 0 fully saturated rings. The molecule has 72 heavy (non-hydrogen) atoms. The predicted octanol–water partition coefficient (Wildman–Crippen LogP) is 19.7. The fourth-order valence-electron chi connectivity index (χ4n) is 12.5. The fourth-order valence-corrected chi connectivity index (χ4v) is 14.9. The van der Waals surface area contributed by atoms with Gasteiger partial charge in [-0.2, -0.15) is 0 Å². The zero-order valence-electron chi connectivity index (χ0n) is 38.5. The van der Waals surface area contributed by atoms with Crippen LogP contribution in [0, 0.1) is 0 Å². The Hall–Kier alpha value is -8.94. The molecular weight excluding hydrogens is 913 g/mol. The lowest BCUT2D eigenvalue weighted by atomic mass is 10.0. The Bertz CT molecular complexity index is 4740. The first kappa shape index (κ1) is 38.9. The normalized spacial score (nSPS) is 12.4. The number of hydrogen-bond donors (Lipinski definition) is 0. The van der Waals surface area contributed by atoms with Crippen molar-refractivity contribution in [2.45, 2.75) is 0 Å². The summed E-state index contributed by atoms with van der Waals surface area (Å²) in [5.41, 5.74) is 14.3. The van der Waals surface area contributed by atoms with Crippen molar-refractivity contribution in [2.24, 2.45) is 0 Å². The molecule has 0 aliphatic carbocycles. The molecule has 334 valence electrons. The number of benzene rings is 11. The summed E-state index contributed by atoms with van der Waals surface area (Å²) in [4.78, 5) is 4.91. The number of hydrogen-bond acceptors (Lipinski definition) is 4. The highest BCUT2D eigenvalue weighted by molar-refractivity contribution is 7.26. The topological polar surface area (TPSA) is 15.3 Å². The van der Waals surface area contributed by atoms with Crippen LogP contribution in [0.3, 0.4) is 0 Å². The van der Waals surface area contributed by atoms with Crippen LogP contribution in [0.1, 0.15) is 0 Å². The largest absolute Gasteiger partial charge is 0.309 e. The lowest BCUT2D eigenvalue weighted by Crippen LogP contribution is -2.10. The summed E-state index contributed by atoms with van der Waals surface area (Å²) in [5, 5.41) is 15.3. The van der Waals surface area contributed by atoms with E-state index in [0.717, 1.165) is 22.7 Å². The second-order valence-corrected chi connectivity index (χ2v) is 21.3. The van der Waals surface area contributed by atoms with Crippen molar-refractivity contribution in [3.63, 3.8) is 0 Å². The van der Waals surface area contributed by atoms with E-state index in [9.17, 15) is 0 Å². The molecular formula is C66H38N4S2. The van der Waals surface area contributed by atoms with Gasteiger partial charge in [0.2, 0.25) is 0 Å². The van der Waals surface area contributed by atoms with E-state index in [1.165, 1.54) is 128 Å². The molecule has 6 heterocycles. The average molecular weight is 951 g/mol. The second kappa shape index (κ2) is 14.3. The maximum Gasteiger partial charge on any atom is 0.0640 e. The smallest absolute Gasteiger partial charge is 0.0640 e. The van der Waals surface area contributed by atoms with Gasteiger partial charge in [0, 0.05) is 96.8 Å². The van der Waals surface area contributed by atoms with Crippen LogP contribution in [-0.4, -0.2) is 8.80 Å². The van der Waals surface area contributed by atoms with Crippen LogP contribution < -0.4 is 9.80 Å². The van der Waals surface area contributed by atoms with Gasteiger partial charge >= 0.3 is 0 Å². The Kier molecular flexibility index (Phi) is 7.73. The van der Waals surface area contributed by atoms with E-state index in [1.54, 1.807) is 0 Å². The summed E-state index contributed by atoms with van der Waals surface area (Å²) in [6.07, 6.45) is 0. The summed E-state index contributed by atoms with van der Waals surface area (Å²) >= 11 is 3.75. The van der Waals surface area contributed by atoms with E-state index in [0.29, 0.717) is 0 Å². The summed E-state index contributed by atoms with van der Waals surface area (Å²) in [5.74, 6) is 0. The lowest BCUT2D eigenvalue weighted by molar-refractivity contribution is 1.29. The maximum atomic E-state index is 2.55. The minimum atomic E-state index is 1.13. The Labute approximate surface area is 419 Å². The van der Waals surface area contributed by atoms with Crippen molar-refractivity contribution in [3.05, 3.63) is 231 Å². The first-order valence-corrected chi connectivity index (χ1v) is 26.2. The van der Waals surface area contributed by atoms with Gasteiger partial charge in [0.15, 0.2) is 0 Å². The molecule has 17 aromatic rings. The van der Waals surface area contributed by atoms with Crippen LogP contribution >= 0.6 is 22.7 Å². The average Bonchev–Trinajstić information content (AvgIpc) is 4.29. The summed E-state index contributed by atoms with van der Waals surface area (Å²) in [6, 6.07) is 85.8. The highest BCUT2D eigenvalue weighted by atomic mass is 32.1. The van der Waals surface area contributed by atoms with Gasteiger partial charge in [-0.05, 0) is 84.9 Å². The Morgan fingerprint density at radius 2 is 0.611 bits per heavy atom. The number of anilines is 6. The van der Waals surface area contributed by atoms with Gasteiger partial charge in [-0.25, -0.2) is 0 Å². The minimum Gasteiger partial charge on any atom is -0.309 e. The van der Waals surface area contributed by atoms with E-state index in [1.807, 2.05) is 22.7 Å². The van der Waals surface area contributed by atoms with Crippen molar-refractivity contribution in [3.8, 4) is 0 Å². The Morgan fingerprint density at radius 3 is 1.07 bits per heavy atom. The molecule has 0 aliphatic heterocycles. The number of nitrogens with zero attached hydrogens (tertiary/aromatic N) is 4. The molecule has 0 N–H and O–H groups in total. The van der Waals surface area contributed by atoms with E-state index in [-0.39, 0.29) is 0 Å². The van der Waals surface area contributed by atoms with Crippen molar-refractivity contribution < 1.29 is 0 Å². The third-order valence-corrected chi connectivity index (χ3v) is 17.9. The van der Waals surface area contributed by atoms with Crippen LogP contribution in [0.15, 0.2) is 231 Å². The number of fused-ring (bicyclic) bond motifs is 18. The first-order valence-electron chi connectivity index (χ1n) is 24.6. The molecule has 0 saturated heterocycles. The van der Waals surface area contributed by atoms with Gasteiger partial charge in [-0.1, -0.05) is 146 Å². The van der Waals surface area contributed by atoms with E-state index >= 15 is 0 Å². The SMILES string of the molecule is c1ccc(N(c2ccc3c4cccc5c6cc7c(cc6n(c3c2)c45)c2cccc3c4ccc(N(c5ccccc5)c5cccc6c5sc5ccccc56)cc4n7c32)c2cccc3c2sc2ccccc23)cc1. The van der Waals surface area contributed by atoms with Gasteiger partial charge in [0.1, 0.15) is 0 Å². The van der Waals surface area contributed by atoms with Crippen LogP contribution in [0.25, 0.3) is 117 Å². The molecule has 0 saturated carbocycles. The van der Waals surface area contributed by atoms with Crippen LogP contribution in [-0.2, 0) is 0 Å². The quantitative estimate of drug-likeness (QED) is 0.165. The van der Waals surface area contributed by atoms with Gasteiger partial charge in [0.05, 0.1) is 53.9 Å². The van der Waals surface area contributed by atoms with Crippen molar-refractivity contribution in [1.29, 1.82) is 0 Å².